The van der Waals surface area contributed by atoms with Gasteiger partial charge in [-0.1, -0.05) is 38.1 Å². The molecule has 2 aromatic carbocycles. The number of hydrogen-bond donors (Lipinski definition) is 1. The van der Waals surface area contributed by atoms with E-state index in [9.17, 15) is 24.0 Å². The van der Waals surface area contributed by atoms with E-state index < -0.39 is 36.8 Å². The molecule has 13 heteroatoms. The van der Waals surface area contributed by atoms with Gasteiger partial charge in [-0.15, -0.1) is 0 Å². The number of ether oxygens (including phenoxy) is 7. The van der Waals surface area contributed by atoms with Crippen LogP contribution < -0.4 is 14.2 Å². The molecule has 0 fully saturated rings. The van der Waals surface area contributed by atoms with E-state index >= 15 is 0 Å². The predicted molar refractivity (Wildman–Crippen MR) is 160 cm³/mol. The molecule has 0 aromatic heterocycles. The summed E-state index contributed by atoms with van der Waals surface area (Å²) in [6, 6.07) is 10.5. The minimum atomic E-state index is -1.43. The van der Waals surface area contributed by atoms with Crippen molar-refractivity contribution in [1.82, 2.24) is 0 Å². The van der Waals surface area contributed by atoms with E-state index in [4.69, 9.17) is 33.5 Å². The van der Waals surface area contributed by atoms with Crippen LogP contribution in [-0.4, -0.2) is 60.4 Å². The van der Waals surface area contributed by atoms with Crippen LogP contribution in [0, 0.1) is 0 Å². The summed E-state index contributed by atoms with van der Waals surface area (Å²) in [5.74, 6) is -0.603. The Kier molecular flexibility index (Phi) is 14.9. The molecule has 0 amide bonds. The number of hydrogen-bond acceptors (Lipinski definition) is 12. The van der Waals surface area contributed by atoms with Crippen LogP contribution in [0.1, 0.15) is 71.4 Å². The highest BCUT2D eigenvalue weighted by Gasteiger charge is 2.19. The average molecular weight is 631 g/mol. The standard InChI is InChI=1S/C32H38O13/c1-6-28(33)39-15-14-20(3)41-31(37)44-26-17-24(9-8-23-10-12-25(13-11-23)43-30(35)36)18-27(19-26)45-32(38)42-22(5)16-21(4)40-29(34)7-2/h8-13,17-22H,6-7,14-16H2,1-5H3,(H,35,36)/b9-8+/t20-,21-,22-/m1/s1. The summed E-state index contributed by atoms with van der Waals surface area (Å²) >= 11 is 0. The first-order chi connectivity index (χ1) is 21.4. The van der Waals surface area contributed by atoms with Crippen LogP contribution in [0.4, 0.5) is 14.4 Å². The highest BCUT2D eigenvalue weighted by molar-refractivity contribution is 5.74. The van der Waals surface area contributed by atoms with Gasteiger partial charge in [0.05, 0.1) is 6.61 Å². The fourth-order valence-electron chi connectivity index (χ4n) is 3.69. The molecule has 0 radical (unpaired) electrons. The number of carbonyl (C=O) groups excluding carboxylic acids is 4. The van der Waals surface area contributed by atoms with Gasteiger partial charge in [0.1, 0.15) is 35.6 Å². The summed E-state index contributed by atoms with van der Waals surface area (Å²) in [5, 5.41) is 8.75. The second-order valence-corrected chi connectivity index (χ2v) is 9.82. The van der Waals surface area contributed by atoms with E-state index in [1.165, 1.54) is 30.3 Å². The molecule has 0 unspecified atom stereocenters. The molecule has 0 aliphatic carbocycles. The summed E-state index contributed by atoms with van der Waals surface area (Å²) in [5.41, 5.74) is 1.14. The molecule has 2 rings (SSSR count). The quantitative estimate of drug-likeness (QED) is 0.0944. The molecular weight excluding hydrogens is 592 g/mol. The number of carboxylic acid groups (broad SMARTS) is 1. The maximum absolute atomic E-state index is 12.5. The second kappa shape index (κ2) is 18.6. The lowest BCUT2D eigenvalue weighted by Gasteiger charge is -2.18. The van der Waals surface area contributed by atoms with Crippen molar-refractivity contribution in [3.63, 3.8) is 0 Å². The maximum atomic E-state index is 12.5. The van der Waals surface area contributed by atoms with Crippen LogP contribution >= 0.6 is 0 Å². The zero-order valence-corrected chi connectivity index (χ0v) is 25.8. The van der Waals surface area contributed by atoms with E-state index in [1.54, 1.807) is 58.9 Å². The van der Waals surface area contributed by atoms with Gasteiger partial charge in [-0.25, -0.2) is 14.4 Å². The highest BCUT2D eigenvalue weighted by atomic mass is 16.7. The van der Waals surface area contributed by atoms with E-state index in [-0.39, 0.29) is 61.5 Å². The molecule has 45 heavy (non-hydrogen) atoms. The topological polar surface area (TPSA) is 170 Å². The fraction of sp³-hybridized carbons (Fsp3) is 0.406. The summed E-state index contributed by atoms with van der Waals surface area (Å²) in [6.07, 6.45) is -0.952. The van der Waals surface area contributed by atoms with Gasteiger partial charge < -0.3 is 38.3 Å². The van der Waals surface area contributed by atoms with Gasteiger partial charge in [0.25, 0.3) is 0 Å². The van der Waals surface area contributed by atoms with Crippen molar-refractivity contribution >= 4 is 42.6 Å². The number of esters is 2. The van der Waals surface area contributed by atoms with Crippen LogP contribution in [0.5, 0.6) is 17.2 Å². The highest BCUT2D eigenvalue weighted by Crippen LogP contribution is 2.26. The fourth-order valence-corrected chi connectivity index (χ4v) is 3.69. The second-order valence-electron chi connectivity index (χ2n) is 9.82. The molecule has 0 heterocycles. The normalized spacial score (nSPS) is 12.7. The summed E-state index contributed by atoms with van der Waals surface area (Å²) in [7, 11) is 0. The van der Waals surface area contributed by atoms with Gasteiger partial charge in [-0.2, -0.15) is 0 Å². The molecule has 0 bridgehead atoms. The number of benzene rings is 2. The average Bonchev–Trinajstić information content (AvgIpc) is 2.95. The summed E-state index contributed by atoms with van der Waals surface area (Å²) in [4.78, 5) is 58.5. The molecule has 0 spiro atoms. The van der Waals surface area contributed by atoms with Crippen molar-refractivity contribution in [2.75, 3.05) is 6.61 Å². The maximum Gasteiger partial charge on any atom is 0.514 e. The Morgan fingerprint density at radius 2 is 1.20 bits per heavy atom. The Morgan fingerprint density at radius 3 is 1.76 bits per heavy atom. The zero-order valence-electron chi connectivity index (χ0n) is 25.8. The summed E-state index contributed by atoms with van der Waals surface area (Å²) in [6.45, 7) is 8.34. The van der Waals surface area contributed by atoms with Crippen LogP contribution in [0.15, 0.2) is 42.5 Å². The first kappa shape index (κ1) is 36.1. The molecule has 0 aliphatic rings. The third-order valence-corrected chi connectivity index (χ3v) is 5.81. The Labute approximate surface area is 260 Å². The first-order valence-electron chi connectivity index (χ1n) is 14.3. The molecule has 1 N–H and O–H groups in total. The van der Waals surface area contributed by atoms with Crippen molar-refractivity contribution in [3.05, 3.63) is 53.6 Å². The molecule has 13 nitrogen and oxygen atoms in total. The Morgan fingerprint density at radius 1 is 0.667 bits per heavy atom. The van der Waals surface area contributed by atoms with Crippen molar-refractivity contribution in [2.45, 2.75) is 78.6 Å². The van der Waals surface area contributed by atoms with Gasteiger partial charge in [-0.3, -0.25) is 9.59 Å². The van der Waals surface area contributed by atoms with Crippen LogP contribution in [0.2, 0.25) is 0 Å². The molecular formula is C32H38O13. The van der Waals surface area contributed by atoms with Gasteiger partial charge in [0, 0.05) is 31.7 Å². The van der Waals surface area contributed by atoms with Crippen LogP contribution in [0.25, 0.3) is 12.2 Å². The van der Waals surface area contributed by atoms with Gasteiger partial charge >= 0.3 is 30.4 Å². The van der Waals surface area contributed by atoms with E-state index in [0.717, 1.165) is 0 Å². The number of rotatable bonds is 15. The lowest BCUT2D eigenvalue weighted by molar-refractivity contribution is -0.149. The predicted octanol–water partition coefficient (Wildman–Crippen LogP) is 6.80. The zero-order chi connectivity index (χ0) is 33.4. The van der Waals surface area contributed by atoms with Gasteiger partial charge in [0.2, 0.25) is 0 Å². The first-order valence-corrected chi connectivity index (χ1v) is 14.3. The smallest absolute Gasteiger partial charge is 0.466 e. The van der Waals surface area contributed by atoms with Crippen molar-refractivity contribution < 1.29 is 62.2 Å². The minimum Gasteiger partial charge on any atom is -0.466 e. The monoisotopic (exact) mass is 630 g/mol. The largest absolute Gasteiger partial charge is 0.514 e. The van der Waals surface area contributed by atoms with Gasteiger partial charge in [0.15, 0.2) is 0 Å². The lowest BCUT2D eigenvalue weighted by atomic mass is 10.1. The van der Waals surface area contributed by atoms with Crippen LogP contribution in [-0.2, 0) is 28.5 Å². The Bertz CT molecular complexity index is 1330. The van der Waals surface area contributed by atoms with E-state index in [2.05, 4.69) is 4.74 Å². The lowest BCUT2D eigenvalue weighted by Crippen LogP contribution is -2.24. The minimum absolute atomic E-state index is 0.00656. The SMILES string of the molecule is CCC(=O)OCC[C@@H](C)OC(=O)Oc1cc(/C=C/c2ccc(OC(=O)O)cc2)cc(OC(=O)O[C@H](C)C[C@@H](C)OC(=O)CC)c1. The van der Waals surface area contributed by atoms with Crippen LogP contribution in [0.3, 0.4) is 0 Å². The molecule has 0 aliphatic heterocycles. The third kappa shape index (κ3) is 14.8. The van der Waals surface area contributed by atoms with E-state index in [1.807, 2.05) is 0 Å². The van der Waals surface area contributed by atoms with E-state index in [0.29, 0.717) is 11.1 Å². The molecule has 0 saturated carbocycles. The van der Waals surface area contributed by atoms with Crippen molar-refractivity contribution in [2.24, 2.45) is 0 Å². The molecule has 3 atom stereocenters. The number of carbonyl (C=O) groups is 5. The Hall–Kier alpha value is -5.07. The third-order valence-electron chi connectivity index (χ3n) is 5.81. The molecule has 0 saturated heterocycles. The molecule has 244 valence electrons. The van der Waals surface area contributed by atoms with Gasteiger partial charge in [-0.05, 0) is 56.2 Å². The van der Waals surface area contributed by atoms with Crippen molar-refractivity contribution in [3.8, 4) is 17.2 Å². The Balaban J connectivity index is 2.15. The molecule has 2 aromatic rings. The summed E-state index contributed by atoms with van der Waals surface area (Å²) < 4.78 is 36.0. The van der Waals surface area contributed by atoms with Crippen molar-refractivity contribution in [1.29, 1.82) is 0 Å².